The molecule has 3 rings (SSSR count). The van der Waals surface area contributed by atoms with Gasteiger partial charge in [0, 0.05) is 5.39 Å². The summed E-state index contributed by atoms with van der Waals surface area (Å²) in [6.45, 7) is 0. The maximum Gasteiger partial charge on any atom is 0.391 e. The van der Waals surface area contributed by atoms with Crippen LogP contribution < -0.4 is 0 Å². The lowest BCUT2D eigenvalue weighted by atomic mass is 9.76. The van der Waals surface area contributed by atoms with Crippen LogP contribution >= 0.6 is 11.6 Å². The average Bonchev–Trinajstić information content (AvgIpc) is 2.84. The number of aliphatic hydroxyl groups is 1. The van der Waals surface area contributed by atoms with Crippen molar-refractivity contribution in [2.24, 2.45) is 5.92 Å². The molecule has 2 unspecified atom stereocenters. The SMILES string of the molecule is OC1(c2cc3cccc(Cl)c3o2)CCCC(C(F)(F)F)C1. The molecule has 0 aliphatic heterocycles. The number of furan rings is 1. The molecular formula is C15H14ClF3O2. The van der Waals surface area contributed by atoms with Crippen LogP contribution in [0.25, 0.3) is 11.0 Å². The van der Waals surface area contributed by atoms with Gasteiger partial charge in [-0.15, -0.1) is 0 Å². The molecule has 2 nitrogen and oxygen atoms in total. The van der Waals surface area contributed by atoms with Crippen molar-refractivity contribution >= 4 is 22.6 Å². The molecule has 1 aliphatic carbocycles. The fraction of sp³-hybridized carbons (Fsp3) is 0.467. The minimum atomic E-state index is -4.29. The van der Waals surface area contributed by atoms with Gasteiger partial charge in [0.15, 0.2) is 5.58 Å². The predicted molar refractivity (Wildman–Crippen MR) is 73.1 cm³/mol. The molecule has 0 bridgehead atoms. The van der Waals surface area contributed by atoms with E-state index in [1.165, 1.54) is 0 Å². The zero-order valence-corrected chi connectivity index (χ0v) is 11.8. The molecule has 1 aromatic carbocycles. The Kier molecular flexibility index (Phi) is 3.45. The van der Waals surface area contributed by atoms with E-state index >= 15 is 0 Å². The van der Waals surface area contributed by atoms with Crippen LogP contribution in [0, 0.1) is 5.92 Å². The van der Waals surface area contributed by atoms with Crippen molar-refractivity contribution in [3.8, 4) is 0 Å². The summed E-state index contributed by atoms with van der Waals surface area (Å²) in [5.74, 6) is -1.33. The Morgan fingerprint density at radius 1 is 1.33 bits per heavy atom. The number of benzene rings is 1. The molecule has 6 heteroatoms. The van der Waals surface area contributed by atoms with Gasteiger partial charge >= 0.3 is 6.18 Å². The topological polar surface area (TPSA) is 33.4 Å². The van der Waals surface area contributed by atoms with Gasteiger partial charge in [-0.05, 0) is 37.8 Å². The molecule has 1 saturated carbocycles. The van der Waals surface area contributed by atoms with Crippen LogP contribution in [-0.2, 0) is 5.60 Å². The zero-order chi connectivity index (χ0) is 15.3. The van der Waals surface area contributed by atoms with Crippen molar-refractivity contribution in [1.29, 1.82) is 0 Å². The second-order valence-corrected chi connectivity index (χ2v) is 6.04. The molecule has 2 atom stereocenters. The minimum absolute atomic E-state index is 0.0484. The van der Waals surface area contributed by atoms with Crippen molar-refractivity contribution < 1.29 is 22.7 Å². The van der Waals surface area contributed by atoms with E-state index in [1.807, 2.05) is 0 Å². The maximum atomic E-state index is 12.9. The lowest BCUT2D eigenvalue weighted by Gasteiger charge is -2.36. The first-order valence-electron chi connectivity index (χ1n) is 6.77. The van der Waals surface area contributed by atoms with Crippen molar-refractivity contribution in [3.05, 3.63) is 35.0 Å². The van der Waals surface area contributed by atoms with Crippen LogP contribution in [-0.4, -0.2) is 11.3 Å². The summed E-state index contributed by atoms with van der Waals surface area (Å²) in [5, 5.41) is 11.7. The summed E-state index contributed by atoms with van der Waals surface area (Å²) in [6, 6.07) is 6.70. The number of halogens is 4. The third-order valence-electron chi connectivity index (χ3n) is 4.14. The van der Waals surface area contributed by atoms with Crippen LogP contribution in [0.2, 0.25) is 5.02 Å². The standard InChI is InChI=1S/C15H14ClF3O2/c16-11-5-1-3-9-7-12(21-13(9)11)14(20)6-2-4-10(8-14)15(17,18)19/h1,3,5,7,10,20H,2,4,6,8H2. The Morgan fingerprint density at radius 2 is 2.10 bits per heavy atom. The lowest BCUT2D eigenvalue weighted by Crippen LogP contribution is -2.38. The highest BCUT2D eigenvalue weighted by atomic mass is 35.5. The molecule has 1 heterocycles. The smallest absolute Gasteiger partial charge is 0.391 e. The lowest BCUT2D eigenvalue weighted by molar-refractivity contribution is -0.203. The third-order valence-corrected chi connectivity index (χ3v) is 4.44. The fourth-order valence-electron chi connectivity index (χ4n) is 3.01. The monoisotopic (exact) mass is 318 g/mol. The van der Waals surface area contributed by atoms with Crippen molar-refractivity contribution in [2.75, 3.05) is 0 Å². The molecule has 1 fully saturated rings. The normalized spacial score (nSPS) is 27.2. The highest BCUT2D eigenvalue weighted by molar-refractivity contribution is 6.34. The van der Waals surface area contributed by atoms with Gasteiger partial charge in [-0.3, -0.25) is 0 Å². The van der Waals surface area contributed by atoms with E-state index in [2.05, 4.69) is 0 Å². The molecular weight excluding hydrogens is 305 g/mol. The summed E-state index contributed by atoms with van der Waals surface area (Å²) in [4.78, 5) is 0. The molecule has 21 heavy (non-hydrogen) atoms. The van der Waals surface area contributed by atoms with Crippen LogP contribution in [0.15, 0.2) is 28.7 Å². The van der Waals surface area contributed by atoms with Gasteiger partial charge in [0.05, 0.1) is 10.9 Å². The number of para-hydroxylation sites is 1. The fourth-order valence-corrected chi connectivity index (χ4v) is 3.23. The number of fused-ring (bicyclic) bond motifs is 1. The van der Waals surface area contributed by atoms with Crippen molar-refractivity contribution in [1.82, 2.24) is 0 Å². The largest absolute Gasteiger partial charge is 0.456 e. The van der Waals surface area contributed by atoms with E-state index in [0.29, 0.717) is 22.4 Å². The maximum absolute atomic E-state index is 12.9. The first-order valence-corrected chi connectivity index (χ1v) is 7.15. The highest BCUT2D eigenvalue weighted by Gasteiger charge is 2.48. The van der Waals surface area contributed by atoms with E-state index in [9.17, 15) is 18.3 Å². The molecule has 1 aromatic heterocycles. The Labute approximate surface area is 124 Å². The van der Waals surface area contributed by atoms with Gasteiger partial charge in [0.2, 0.25) is 0 Å². The van der Waals surface area contributed by atoms with E-state index in [-0.39, 0.29) is 25.0 Å². The van der Waals surface area contributed by atoms with Gasteiger partial charge in [-0.1, -0.05) is 23.7 Å². The van der Waals surface area contributed by atoms with Crippen molar-refractivity contribution in [2.45, 2.75) is 37.5 Å². The van der Waals surface area contributed by atoms with E-state index in [0.717, 1.165) is 0 Å². The first-order chi connectivity index (χ1) is 9.79. The highest BCUT2D eigenvalue weighted by Crippen LogP contribution is 2.47. The molecule has 0 amide bonds. The Bertz CT molecular complexity index is 664. The van der Waals surface area contributed by atoms with Crippen LogP contribution in [0.3, 0.4) is 0 Å². The molecule has 1 aliphatic rings. The summed E-state index contributed by atoms with van der Waals surface area (Å²) < 4.78 is 44.3. The molecule has 0 saturated heterocycles. The van der Waals surface area contributed by atoms with Crippen LogP contribution in [0.1, 0.15) is 31.4 Å². The quantitative estimate of drug-likeness (QED) is 0.800. The molecule has 2 aromatic rings. The van der Waals surface area contributed by atoms with Gasteiger partial charge in [-0.25, -0.2) is 0 Å². The third kappa shape index (κ3) is 2.64. The summed E-state index contributed by atoms with van der Waals surface area (Å²) >= 11 is 6.00. The summed E-state index contributed by atoms with van der Waals surface area (Å²) in [6.07, 6.45) is -4.04. The summed E-state index contributed by atoms with van der Waals surface area (Å²) in [7, 11) is 0. The Hall–Kier alpha value is -1.20. The van der Waals surface area contributed by atoms with Crippen molar-refractivity contribution in [3.63, 3.8) is 0 Å². The van der Waals surface area contributed by atoms with E-state index in [1.54, 1.807) is 24.3 Å². The Balaban J connectivity index is 1.98. The zero-order valence-electron chi connectivity index (χ0n) is 11.1. The van der Waals surface area contributed by atoms with Gasteiger partial charge in [-0.2, -0.15) is 13.2 Å². The second-order valence-electron chi connectivity index (χ2n) is 5.64. The first kappa shape index (κ1) is 14.7. The van der Waals surface area contributed by atoms with Crippen LogP contribution in [0.4, 0.5) is 13.2 Å². The summed E-state index contributed by atoms with van der Waals surface area (Å²) in [5.41, 5.74) is -1.18. The van der Waals surface area contributed by atoms with Gasteiger partial charge in [0.1, 0.15) is 11.4 Å². The number of hydrogen-bond acceptors (Lipinski definition) is 2. The molecule has 1 N–H and O–H groups in total. The molecule has 114 valence electrons. The minimum Gasteiger partial charge on any atom is -0.456 e. The number of rotatable bonds is 1. The predicted octanol–water partition coefficient (Wildman–Crippen LogP) is 5.03. The number of alkyl halides is 3. The average molecular weight is 319 g/mol. The second kappa shape index (κ2) is 4.92. The van der Waals surface area contributed by atoms with E-state index in [4.69, 9.17) is 16.0 Å². The Morgan fingerprint density at radius 3 is 2.76 bits per heavy atom. The molecule has 0 spiro atoms. The van der Waals surface area contributed by atoms with E-state index < -0.39 is 17.7 Å². The van der Waals surface area contributed by atoms with Gasteiger partial charge in [0.25, 0.3) is 0 Å². The van der Waals surface area contributed by atoms with Crippen LogP contribution in [0.5, 0.6) is 0 Å². The van der Waals surface area contributed by atoms with Gasteiger partial charge < -0.3 is 9.52 Å². The molecule has 0 radical (unpaired) electrons. The number of hydrogen-bond donors (Lipinski definition) is 1.